The van der Waals surface area contributed by atoms with Crippen molar-refractivity contribution >= 4 is 29.1 Å². The van der Waals surface area contributed by atoms with Crippen molar-refractivity contribution in [3.05, 3.63) is 63.6 Å². The average molecular weight is 366 g/mol. The Labute approximate surface area is 152 Å². The fourth-order valence-corrected chi connectivity index (χ4v) is 2.76. The van der Waals surface area contributed by atoms with Gasteiger partial charge in [0.15, 0.2) is 0 Å². The standard InChI is InChI=1S/C19H21Cl2NO2/c1-13(2)24-16-8-5-14(6-9-16)4-3-11-22-19(23)17-10-7-15(20)12-18(17)21/h5-10,12-13H,3-4,11H2,1-2H3,(H,22,23). The Balaban J connectivity index is 1.77. The van der Waals surface area contributed by atoms with Crippen LogP contribution in [0.3, 0.4) is 0 Å². The monoisotopic (exact) mass is 365 g/mol. The van der Waals surface area contributed by atoms with Gasteiger partial charge in [-0.15, -0.1) is 0 Å². The maximum atomic E-state index is 12.1. The minimum Gasteiger partial charge on any atom is -0.491 e. The Bertz CT molecular complexity index is 684. The summed E-state index contributed by atoms with van der Waals surface area (Å²) >= 11 is 11.9. The molecule has 0 saturated heterocycles. The van der Waals surface area contributed by atoms with Crippen LogP contribution in [0.2, 0.25) is 10.0 Å². The van der Waals surface area contributed by atoms with Crippen molar-refractivity contribution < 1.29 is 9.53 Å². The highest BCUT2D eigenvalue weighted by molar-refractivity contribution is 6.36. The number of carbonyl (C=O) groups is 1. The van der Waals surface area contributed by atoms with Crippen molar-refractivity contribution in [1.29, 1.82) is 0 Å². The molecule has 5 heteroatoms. The number of hydrogen-bond donors (Lipinski definition) is 1. The minimum absolute atomic E-state index is 0.172. The normalized spacial score (nSPS) is 10.7. The van der Waals surface area contributed by atoms with Crippen LogP contribution in [0, 0.1) is 0 Å². The van der Waals surface area contributed by atoms with Crippen molar-refractivity contribution in [2.75, 3.05) is 6.54 Å². The van der Waals surface area contributed by atoms with Gasteiger partial charge < -0.3 is 10.1 Å². The van der Waals surface area contributed by atoms with E-state index < -0.39 is 0 Å². The van der Waals surface area contributed by atoms with E-state index in [4.69, 9.17) is 27.9 Å². The van der Waals surface area contributed by atoms with Crippen molar-refractivity contribution in [3.8, 4) is 5.75 Å². The molecule has 3 nitrogen and oxygen atoms in total. The fraction of sp³-hybridized carbons (Fsp3) is 0.316. The summed E-state index contributed by atoms with van der Waals surface area (Å²) in [4.78, 5) is 12.1. The van der Waals surface area contributed by atoms with Crippen LogP contribution in [0.25, 0.3) is 0 Å². The Kier molecular flexibility index (Phi) is 6.95. The number of nitrogens with one attached hydrogen (secondary N) is 1. The average Bonchev–Trinajstić information content (AvgIpc) is 2.52. The lowest BCUT2D eigenvalue weighted by Crippen LogP contribution is -2.25. The van der Waals surface area contributed by atoms with E-state index in [-0.39, 0.29) is 12.0 Å². The fourth-order valence-electron chi connectivity index (χ4n) is 2.27. The Morgan fingerprint density at radius 1 is 1.12 bits per heavy atom. The molecule has 0 unspecified atom stereocenters. The van der Waals surface area contributed by atoms with Gasteiger partial charge in [0, 0.05) is 11.6 Å². The molecule has 0 heterocycles. The Morgan fingerprint density at radius 3 is 2.46 bits per heavy atom. The minimum atomic E-state index is -0.183. The first-order chi connectivity index (χ1) is 11.5. The molecular formula is C19H21Cl2NO2. The van der Waals surface area contributed by atoms with Gasteiger partial charge in [-0.2, -0.15) is 0 Å². The summed E-state index contributed by atoms with van der Waals surface area (Å²) in [7, 11) is 0. The van der Waals surface area contributed by atoms with Gasteiger partial charge in [-0.05, 0) is 62.6 Å². The molecule has 2 rings (SSSR count). The predicted molar refractivity (Wildman–Crippen MR) is 99.3 cm³/mol. The van der Waals surface area contributed by atoms with Crippen molar-refractivity contribution in [1.82, 2.24) is 5.32 Å². The molecule has 0 spiro atoms. The van der Waals surface area contributed by atoms with Crippen LogP contribution in [0.5, 0.6) is 5.75 Å². The van der Waals surface area contributed by atoms with Crippen LogP contribution < -0.4 is 10.1 Å². The summed E-state index contributed by atoms with van der Waals surface area (Å²) < 4.78 is 5.62. The van der Waals surface area contributed by atoms with Crippen molar-refractivity contribution in [2.45, 2.75) is 32.8 Å². The molecule has 0 fully saturated rings. The number of rotatable bonds is 7. The molecule has 0 aliphatic rings. The first kappa shape index (κ1) is 18.6. The summed E-state index contributed by atoms with van der Waals surface area (Å²) in [5, 5.41) is 3.75. The third-order valence-electron chi connectivity index (χ3n) is 3.40. The molecule has 2 aromatic carbocycles. The van der Waals surface area contributed by atoms with Crippen LogP contribution in [0.1, 0.15) is 36.2 Å². The Hall–Kier alpha value is -1.71. The number of halogens is 2. The van der Waals surface area contributed by atoms with Gasteiger partial charge in [-0.3, -0.25) is 4.79 Å². The van der Waals surface area contributed by atoms with Crippen LogP contribution >= 0.6 is 23.2 Å². The van der Waals surface area contributed by atoms with E-state index in [1.54, 1.807) is 18.2 Å². The molecule has 2 aromatic rings. The number of carbonyl (C=O) groups excluding carboxylic acids is 1. The van der Waals surface area contributed by atoms with Crippen molar-refractivity contribution in [2.24, 2.45) is 0 Å². The van der Waals surface area contributed by atoms with Crippen LogP contribution in [0.4, 0.5) is 0 Å². The van der Waals surface area contributed by atoms with Gasteiger partial charge in [0.05, 0.1) is 16.7 Å². The lowest BCUT2D eigenvalue weighted by molar-refractivity contribution is 0.0953. The molecule has 0 aliphatic carbocycles. The number of ether oxygens (including phenoxy) is 1. The Morgan fingerprint density at radius 2 is 1.83 bits per heavy atom. The molecule has 0 atom stereocenters. The third-order valence-corrected chi connectivity index (χ3v) is 3.95. The second kappa shape index (κ2) is 8.95. The van der Waals surface area contributed by atoms with Gasteiger partial charge >= 0.3 is 0 Å². The zero-order valence-electron chi connectivity index (χ0n) is 13.8. The maximum absolute atomic E-state index is 12.1. The van der Waals surface area contributed by atoms with Crippen LogP contribution in [-0.4, -0.2) is 18.6 Å². The summed E-state index contributed by atoms with van der Waals surface area (Å²) in [5.41, 5.74) is 1.65. The third kappa shape index (κ3) is 5.73. The topological polar surface area (TPSA) is 38.3 Å². The first-order valence-electron chi connectivity index (χ1n) is 7.94. The largest absolute Gasteiger partial charge is 0.491 e. The number of aryl methyl sites for hydroxylation is 1. The molecular weight excluding hydrogens is 345 g/mol. The van der Waals surface area contributed by atoms with E-state index >= 15 is 0 Å². The predicted octanol–water partition coefficient (Wildman–Crippen LogP) is 5.14. The molecule has 128 valence electrons. The first-order valence-corrected chi connectivity index (χ1v) is 8.70. The summed E-state index contributed by atoms with van der Waals surface area (Å²) in [6.45, 7) is 4.59. The highest BCUT2D eigenvalue weighted by Crippen LogP contribution is 2.20. The smallest absolute Gasteiger partial charge is 0.252 e. The summed E-state index contributed by atoms with van der Waals surface area (Å²) in [5.74, 6) is 0.691. The van der Waals surface area contributed by atoms with E-state index in [0.717, 1.165) is 18.6 Å². The SMILES string of the molecule is CC(C)Oc1ccc(CCCNC(=O)c2ccc(Cl)cc2Cl)cc1. The number of amides is 1. The van der Waals surface area contributed by atoms with Crippen LogP contribution in [-0.2, 0) is 6.42 Å². The molecule has 0 aromatic heterocycles. The number of hydrogen-bond acceptors (Lipinski definition) is 2. The summed E-state index contributed by atoms with van der Waals surface area (Å²) in [6.07, 6.45) is 1.91. The van der Waals surface area contributed by atoms with Gasteiger partial charge in [0.1, 0.15) is 5.75 Å². The molecule has 0 aliphatic heterocycles. The second-order valence-corrected chi connectivity index (χ2v) is 6.64. The highest BCUT2D eigenvalue weighted by Gasteiger charge is 2.09. The van der Waals surface area contributed by atoms with Gasteiger partial charge in [0.25, 0.3) is 5.91 Å². The highest BCUT2D eigenvalue weighted by atomic mass is 35.5. The van der Waals surface area contributed by atoms with E-state index in [2.05, 4.69) is 17.4 Å². The van der Waals surface area contributed by atoms with E-state index in [1.807, 2.05) is 26.0 Å². The lowest BCUT2D eigenvalue weighted by Gasteiger charge is -2.10. The van der Waals surface area contributed by atoms with E-state index in [9.17, 15) is 4.79 Å². The second-order valence-electron chi connectivity index (χ2n) is 5.79. The van der Waals surface area contributed by atoms with Crippen LogP contribution in [0.15, 0.2) is 42.5 Å². The van der Waals surface area contributed by atoms with Gasteiger partial charge in [-0.1, -0.05) is 35.3 Å². The quantitative estimate of drug-likeness (QED) is 0.689. The lowest BCUT2D eigenvalue weighted by atomic mass is 10.1. The number of benzene rings is 2. The molecule has 0 saturated carbocycles. The molecule has 0 bridgehead atoms. The van der Waals surface area contributed by atoms with Crippen molar-refractivity contribution in [3.63, 3.8) is 0 Å². The van der Waals surface area contributed by atoms with E-state index in [1.165, 1.54) is 5.56 Å². The molecule has 24 heavy (non-hydrogen) atoms. The zero-order valence-corrected chi connectivity index (χ0v) is 15.3. The zero-order chi connectivity index (χ0) is 17.5. The summed E-state index contributed by atoms with van der Waals surface area (Å²) in [6, 6.07) is 12.9. The van der Waals surface area contributed by atoms with E-state index in [0.29, 0.717) is 22.2 Å². The molecule has 1 amide bonds. The molecule has 0 radical (unpaired) electrons. The van der Waals surface area contributed by atoms with Gasteiger partial charge in [-0.25, -0.2) is 0 Å². The van der Waals surface area contributed by atoms with Gasteiger partial charge in [0.2, 0.25) is 0 Å². The maximum Gasteiger partial charge on any atom is 0.252 e. The molecule has 1 N–H and O–H groups in total.